The lowest BCUT2D eigenvalue weighted by atomic mass is 10.2. The summed E-state index contributed by atoms with van der Waals surface area (Å²) in [5.41, 5.74) is 1.27. The van der Waals surface area contributed by atoms with Gasteiger partial charge in [0.2, 0.25) is 0 Å². The van der Waals surface area contributed by atoms with Gasteiger partial charge in [-0.2, -0.15) is 5.26 Å². The van der Waals surface area contributed by atoms with Crippen LogP contribution in [0.15, 0.2) is 53.4 Å². The molecule has 1 heterocycles. The summed E-state index contributed by atoms with van der Waals surface area (Å²) in [7, 11) is -2.65. The van der Waals surface area contributed by atoms with Crippen molar-refractivity contribution in [3.05, 3.63) is 64.8 Å². The number of halogens is 1. The number of nitriles is 1. The van der Waals surface area contributed by atoms with E-state index in [0.717, 1.165) is 0 Å². The predicted octanol–water partition coefficient (Wildman–Crippen LogP) is 3.51. The van der Waals surface area contributed by atoms with E-state index in [1.807, 2.05) is 6.07 Å². The van der Waals surface area contributed by atoms with Crippen LogP contribution in [0, 0.1) is 11.3 Å². The number of nitrogens with zero attached hydrogens (tertiary/aromatic N) is 2. The number of rotatable bonds is 5. The number of ether oxygens (including phenoxy) is 1. The summed E-state index contributed by atoms with van der Waals surface area (Å²) in [4.78, 5) is 11.6. The summed E-state index contributed by atoms with van der Waals surface area (Å²) in [6.07, 6.45) is 0.234. The van der Waals surface area contributed by atoms with Gasteiger partial charge in [-0.25, -0.2) is 12.4 Å². The van der Waals surface area contributed by atoms with Gasteiger partial charge < -0.3 is 4.74 Å². The molecule has 0 amide bonds. The highest BCUT2D eigenvalue weighted by Crippen LogP contribution is 2.29. The Morgan fingerprint density at radius 1 is 1.19 bits per heavy atom. The molecule has 138 valence electrons. The Morgan fingerprint density at radius 2 is 1.89 bits per heavy atom. The largest absolute Gasteiger partial charge is 0.469 e. The molecule has 27 heavy (non-hydrogen) atoms. The number of esters is 1. The van der Waals surface area contributed by atoms with Gasteiger partial charge in [0, 0.05) is 16.1 Å². The van der Waals surface area contributed by atoms with Crippen LogP contribution in [0.1, 0.15) is 17.7 Å². The van der Waals surface area contributed by atoms with E-state index < -0.39 is 16.0 Å². The van der Waals surface area contributed by atoms with Gasteiger partial charge in [-0.05, 0) is 55.0 Å². The monoisotopic (exact) mass is 402 g/mol. The summed E-state index contributed by atoms with van der Waals surface area (Å²) in [6.45, 7) is 0. The molecular weight excluding hydrogens is 388 g/mol. The number of carbonyl (C=O) groups excluding carboxylic acids is 1. The molecule has 0 fully saturated rings. The van der Waals surface area contributed by atoms with Crippen LogP contribution in [-0.4, -0.2) is 25.5 Å². The van der Waals surface area contributed by atoms with Gasteiger partial charge in [0.05, 0.1) is 35.6 Å². The van der Waals surface area contributed by atoms with Crippen LogP contribution in [0.5, 0.6) is 0 Å². The number of carbonyl (C=O) groups is 1. The third kappa shape index (κ3) is 3.68. The second-order valence-corrected chi connectivity index (χ2v) is 8.04. The zero-order valence-corrected chi connectivity index (χ0v) is 15.9. The zero-order chi connectivity index (χ0) is 19.6. The lowest BCUT2D eigenvalue weighted by molar-refractivity contribution is -0.140. The Labute approximate surface area is 161 Å². The van der Waals surface area contributed by atoms with E-state index in [2.05, 4.69) is 4.74 Å². The second kappa shape index (κ2) is 7.43. The van der Waals surface area contributed by atoms with Crippen LogP contribution in [0.3, 0.4) is 0 Å². The third-order valence-corrected chi connectivity index (χ3v) is 6.14. The fourth-order valence-electron chi connectivity index (χ4n) is 2.82. The number of benzene rings is 2. The zero-order valence-electron chi connectivity index (χ0n) is 14.3. The number of aryl methyl sites for hydroxylation is 1. The molecule has 0 atom stereocenters. The van der Waals surface area contributed by atoms with Gasteiger partial charge >= 0.3 is 5.97 Å². The molecule has 0 bridgehead atoms. The maximum Gasteiger partial charge on any atom is 0.305 e. The maximum atomic E-state index is 13.3. The molecule has 0 aliphatic heterocycles. The molecule has 0 aliphatic rings. The fraction of sp³-hybridized carbons (Fsp3) is 0.158. The highest BCUT2D eigenvalue weighted by Gasteiger charge is 2.23. The van der Waals surface area contributed by atoms with E-state index in [-0.39, 0.29) is 17.7 Å². The average molecular weight is 403 g/mol. The first-order valence-corrected chi connectivity index (χ1v) is 9.81. The molecule has 6 nitrogen and oxygen atoms in total. The van der Waals surface area contributed by atoms with Crippen LogP contribution >= 0.6 is 11.6 Å². The van der Waals surface area contributed by atoms with Crippen molar-refractivity contribution in [2.24, 2.45) is 0 Å². The van der Waals surface area contributed by atoms with Gasteiger partial charge in [0.25, 0.3) is 10.0 Å². The first-order chi connectivity index (χ1) is 12.9. The Kier molecular flexibility index (Phi) is 5.22. The molecule has 0 radical (unpaired) electrons. The molecule has 0 saturated heterocycles. The van der Waals surface area contributed by atoms with Crippen molar-refractivity contribution in [1.29, 1.82) is 5.26 Å². The quantitative estimate of drug-likeness (QED) is 0.609. The van der Waals surface area contributed by atoms with Crippen LogP contribution in [-0.2, 0) is 26.0 Å². The minimum absolute atomic E-state index is 0.0451. The van der Waals surface area contributed by atoms with Gasteiger partial charge in [-0.15, -0.1) is 0 Å². The molecule has 1 aromatic heterocycles. The fourth-order valence-corrected chi connectivity index (χ4v) is 4.56. The van der Waals surface area contributed by atoms with Crippen molar-refractivity contribution in [2.45, 2.75) is 17.7 Å². The van der Waals surface area contributed by atoms with Crippen molar-refractivity contribution in [2.75, 3.05) is 7.11 Å². The Bertz CT molecular complexity index is 1160. The summed E-state index contributed by atoms with van der Waals surface area (Å²) in [5, 5.41) is 10.0. The van der Waals surface area contributed by atoms with E-state index in [1.54, 1.807) is 24.3 Å². The molecule has 0 unspecified atom stereocenters. The van der Waals surface area contributed by atoms with Crippen LogP contribution < -0.4 is 0 Å². The van der Waals surface area contributed by atoms with Gasteiger partial charge in [0.15, 0.2) is 0 Å². The van der Waals surface area contributed by atoms with E-state index in [9.17, 15) is 13.2 Å². The summed E-state index contributed by atoms with van der Waals surface area (Å²) >= 11 is 6.03. The third-order valence-electron chi connectivity index (χ3n) is 4.13. The number of fused-ring (bicyclic) bond motifs is 1. The first-order valence-electron chi connectivity index (χ1n) is 7.99. The van der Waals surface area contributed by atoms with Crippen molar-refractivity contribution < 1.29 is 17.9 Å². The number of hydrogen-bond donors (Lipinski definition) is 0. The summed E-state index contributed by atoms with van der Waals surface area (Å²) in [6, 6.07) is 14.2. The molecule has 0 saturated carbocycles. The minimum atomic E-state index is -3.93. The lowest BCUT2D eigenvalue weighted by Gasteiger charge is -2.12. The van der Waals surface area contributed by atoms with E-state index in [4.69, 9.17) is 16.9 Å². The van der Waals surface area contributed by atoms with Gasteiger partial charge in [-0.1, -0.05) is 11.6 Å². The normalized spacial score (nSPS) is 11.3. The maximum absolute atomic E-state index is 13.3. The molecule has 0 spiro atoms. The van der Waals surface area contributed by atoms with Gasteiger partial charge in [-0.3, -0.25) is 4.79 Å². The molecule has 0 aliphatic carbocycles. The Balaban J connectivity index is 2.17. The number of methoxy groups -OCH3 is 1. The van der Waals surface area contributed by atoms with E-state index >= 15 is 0 Å². The molecule has 0 N–H and O–H groups in total. The molecule has 8 heteroatoms. The summed E-state index contributed by atoms with van der Waals surface area (Å²) in [5.74, 6) is -0.430. The molecular formula is C19H15ClN2O4S. The Hall–Kier alpha value is -2.82. The lowest BCUT2D eigenvalue weighted by Crippen LogP contribution is -2.16. The SMILES string of the molecule is COC(=O)CCc1cc2cc(Cl)ccc2n1S(=O)(=O)c1ccc(C#N)cc1. The number of hydrogen-bond acceptors (Lipinski definition) is 5. The highest BCUT2D eigenvalue weighted by atomic mass is 35.5. The van der Waals surface area contributed by atoms with Gasteiger partial charge in [0.1, 0.15) is 0 Å². The number of aromatic nitrogens is 1. The van der Waals surface area contributed by atoms with Crippen molar-refractivity contribution >= 4 is 38.5 Å². The van der Waals surface area contributed by atoms with Crippen molar-refractivity contribution in [1.82, 2.24) is 3.97 Å². The second-order valence-electron chi connectivity index (χ2n) is 5.82. The molecule has 3 aromatic rings. The first kappa shape index (κ1) is 19.0. The van der Waals surface area contributed by atoms with Crippen LogP contribution in [0.4, 0.5) is 0 Å². The Morgan fingerprint density at radius 3 is 2.52 bits per heavy atom. The molecule has 3 rings (SSSR count). The van der Waals surface area contributed by atoms with Crippen molar-refractivity contribution in [3.8, 4) is 6.07 Å². The topological polar surface area (TPSA) is 89.2 Å². The molecule has 2 aromatic carbocycles. The minimum Gasteiger partial charge on any atom is -0.469 e. The smallest absolute Gasteiger partial charge is 0.305 e. The average Bonchev–Trinajstić information content (AvgIpc) is 3.04. The summed E-state index contributed by atoms with van der Waals surface area (Å²) < 4.78 is 32.4. The van der Waals surface area contributed by atoms with Crippen LogP contribution in [0.25, 0.3) is 10.9 Å². The van der Waals surface area contributed by atoms with Crippen molar-refractivity contribution in [3.63, 3.8) is 0 Å². The van der Waals surface area contributed by atoms with E-state index in [0.29, 0.717) is 27.2 Å². The van der Waals surface area contributed by atoms with E-state index in [1.165, 1.54) is 35.3 Å². The standard InChI is InChI=1S/C19H15ClN2O4S/c1-26-19(23)9-5-16-11-14-10-15(20)4-8-18(14)22(16)27(24,25)17-6-2-13(12-21)3-7-17/h2-4,6-8,10-11H,5,9H2,1H3. The predicted molar refractivity (Wildman–Crippen MR) is 101 cm³/mol. The van der Waals surface area contributed by atoms with Crippen LogP contribution in [0.2, 0.25) is 5.02 Å². The highest BCUT2D eigenvalue weighted by molar-refractivity contribution is 7.90.